The molecule has 0 radical (unpaired) electrons. The van der Waals surface area contributed by atoms with E-state index >= 15 is 0 Å². The number of para-hydroxylation sites is 1. The standard InChI is InChI=1S/C20H33N3O2/c1-5-21-20(23-12-11-18(14-23)15-24-6-2)22-13-17(4)25-19-10-8-7-9-16(19)3/h7-10,17-18H,5-6,11-15H2,1-4H3,(H,21,22). The lowest BCUT2D eigenvalue weighted by atomic mass is 10.1. The molecular formula is C20H33N3O2. The Morgan fingerprint density at radius 1 is 1.36 bits per heavy atom. The number of likely N-dealkylation sites (tertiary alicyclic amines) is 1. The van der Waals surface area contributed by atoms with Gasteiger partial charge in [0.15, 0.2) is 5.96 Å². The van der Waals surface area contributed by atoms with Crippen molar-refractivity contribution in [1.82, 2.24) is 10.2 Å². The number of ether oxygens (including phenoxy) is 2. The number of aryl methyl sites for hydroxylation is 1. The smallest absolute Gasteiger partial charge is 0.194 e. The summed E-state index contributed by atoms with van der Waals surface area (Å²) in [5, 5.41) is 3.41. The van der Waals surface area contributed by atoms with Gasteiger partial charge in [0.2, 0.25) is 0 Å². The van der Waals surface area contributed by atoms with Crippen LogP contribution in [0.15, 0.2) is 29.3 Å². The molecule has 2 atom stereocenters. The van der Waals surface area contributed by atoms with E-state index in [9.17, 15) is 0 Å². The zero-order valence-corrected chi connectivity index (χ0v) is 16.1. The molecule has 1 aromatic carbocycles. The number of hydrogen-bond donors (Lipinski definition) is 1. The summed E-state index contributed by atoms with van der Waals surface area (Å²) in [4.78, 5) is 7.14. The van der Waals surface area contributed by atoms with Gasteiger partial charge in [-0.1, -0.05) is 18.2 Å². The molecule has 1 aromatic rings. The van der Waals surface area contributed by atoms with Gasteiger partial charge < -0.3 is 19.7 Å². The predicted octanol–water partition coefficient (Wildman–Crippen LogP) is 3.09. The molecule has 1 heterocycles. The second-order valence-corrected chi connectivity index (χ2v) is 6.65. The molecule has 1 N–H and O–H groups in total. The van der Waals surface area contributed by atoms with Crippen LogP contribution in [0.2, 0.25) is 0 Å². The number of nitrogens with zero attached hydrogens (tertiary/aromatic N) is 2. The van der Waals surface area contributed by atoms with Crippen molar-refractivity contribution in [2.75, 3.05) is 39.4 Å². The van der Waals surface area contributed by atoms with Crippen LogP contribution in [-0.2, 0) is 4.74 Å². The molecule has 0 spiro atoms. The van der Waals surface area contributed by atoms with Crippen molar-refractivity contribution in [2.45, 2.75) is 40.2 Å². The second kappa shape index (κ2) is 10.3. The van der Waals surface area contributed by atoms with Crippen LogP contribution in [0.25, 0.3) is 0 Å². The topological polar surface area (TPSA) is 46.1 Å². The number of nitrogens with one attached hydrogen (secondary N) is 1. The van der Waals surface area contributed by atoms with Crippen molar-refractivity contribution >= 4 is 5.96 Å². The molecule has 2 rings (SSSR count). The minimum Gasteiger partial charge on any atom is -0.489 e. The predicted molar refractivity (Wildman–Crippen MR) is 103 cm³/mol. The summed E-state index contributed by atoms with van der Waals surface area (Å²) in [6.07, 6.45) is 1.20. The Morgan fingerprint density at radius 3 is 2.88 bits per heavy atom. The molecule has 5 nitrogen and oxygen atoms in total. The Bertz CT molecular complexity index is 547. The zero-order valence-electron chi connectivity index (χ0n) is 16.1. The second-order valence-electron chi connectivity index (χ2n) is 6.65. The first-order valence-corrected chi connectivity index (χ1v) is 9.47. The number of guanidine groups is 1. The van der Waals surface area contributed by atoms with Crippen molar-refractivity contribution < 1.29 is 9.47 Å². The fraction of sp³-hybridized carbons (Fsp3) is 0.650. The number of rotatable bonds is 8. The Labute approximate surface area is 152 Å². The molecule has 0 amide bonds. The van der Waals surface area contributed by atoms with Gasteiger partial charge in [0, 0.05) is 32.2 Å². The molecule has 1 aliphatic heterocycles. The van der Waals surface area contributed by atoms with Crippen LogP contribution in [-0.4, -0.2) is 56.4 Å². The molecule has 0 bridgehead atoms. The van der Waals surface area contributed by atoms with E-state index in [0.29, 0.717) is 12.5 Å². The highest BCUT2D eigenvalue weighted by atomic mass is 16.5. The highest BCUT2D eigenvalue weighted by Gasteiger charge is 2.25. The van der Waals surface area contributed by atoms with Crippen molar-refractivity contribution in [3.8, 4) is 5.75 Å². The Morgan fingerprint density at radius 2 is 2.16 bits per heavy atom. The molecule has 0 aliphatic carbocycles. The van der Waals surface area contributed by atoms with Crippen LogP contribution in [0.3, 0.4) is 0 Å². The monoisotopic (exact) mass is 347 g/mol. The van der Waals surface area contributed by atoms with Gasteiger partial charge >= 0.3 is 0 Å². The van der Waals surface area contributed by atoms with Crippen LogP contribution in [0, 0.1) is 12.8 Å². The van der Waals surface area contributed by atoms with E-state index in [1.165, 1.54) is 6.42 Å². The van der Waals surface area contributed by atoms with E-state index in [0.717, 1.165) is 50.1 Å². The Hall–Kier alpha value is -1.75. The molecule has 5 heteroatoms. The minimum absolute atomic E-state index is 0.0385. The van der Waals surface area contributed by atoms with Crippen LogP contribution >= 0.6 is 0 Å². The maximum atomic E-state index is 6.04. The molecular weight excluding hydrogens is 314 g/mol. The maximum absolute atomic E-state index is 6.04. The molecule has 1 aliphatic rings. The van der Waals surface area contributed by atoms with Crippen molar-refractivity contribution in [3.05, 3.63) is 29.8 Å². The number of hydrogen-bond acceptors (Lipinski definition) is 3. The first-order valence-electron chi connectivity index (χ1n) is 9.47. The lowest BCUT2D eigenvalue weighted by molar-refractivity contribution is 0.114. The average molecular weight is 348 g/mol. The normalized spacial score (nSPS) is 19.1. The summed E-state index contributed by atoms with van der Waals surface area (Å²) in [5.74, 6) is 2.53. The first kappa shape index (κ1) is 19.6. The molecule has 1 fully saturated rings. The maximum Gasteiger partial charge on any atom is 0.194 e. The quantitative estimate of drug-likeness (QED) is 0.580. The molecule has 2 unspecified atom stereocenters. The highest BCUT2D eigenvalue weighted by Crippen LogP contribution is 2.19. The van der Waals surface area contributed by atoms with Crippen molar-refractivity contribution in [1.29, 1.82) is 0 Å². The Kier molecular flexibility index (Phi) is 8.06. The van der Waals surface area contributed by atoms with Crippen molar-refractivity contribution in [3.63, 3.8) is 0 Å². The van der Waals surface area contributed by atoms with Gasteiger partial charge in [-0.05, 0) is 45.7 Å². The minimum atomic E-state index is 0.0385. The zero-order chi connectivity index (χ0) is 18.1. The molecule has 1 saturated heterocycles. The highest BCUT2D eigenvalue weighted by molar-refractivity contribution is 5.80. The summed E-state index contributed by atoms with van der Waals surface area (Å²) in [7, 11) is 0. The van der Waals surface area contributed by atoms with Crippen LogP contribution in [0.5, 0.6) is 5.75 Å². The van der Waals surface area contributed by atoms with Gasteiger partial charge in [-0.3, -0.25) is 0 Å². The van der Waals surface area contributed by atoms with E-state index in [1.54, 1.807) is 0 Å². The molecule has 25 heavy (non-hydrogen) atoms. The van der Waals surface area contributed by atoms with E-state index < -0.39 is 0 Å². The van der Waals surface area contributed by atoms with Crippen LogP contribution in [0.1, 0.15) is 32.8 Å². The van der Waals surface area contributed by atoms with E-state index in [-0.39, 0.29) is 6.10 Å². The van der Waals surface area contributed by atoms with Gasteiger partial charge in [-0.25, -0.2) is 4.99 Å². The summed E-state index contributed by atoms with van der Waals surface area (Å²) in [5.41, 5.74) is 1.16. The van der Waals surface area contributed by atoms with E-state index in [2.05, 4.69) is 37.1 Å². The summed E-state index contributed by atoms with van der Waals surface area (Å²) in [6.45, 7) is 13.5. The van der Waals surface area contributed by atoms with Crippen LogP contribution in [0.4, 0.5) is 0 Å². The van der Waals surface area contributed by atoms with Crippen molar-refractivity contribution in [2.24, 2.45) is 10.9 Å². The van der Waals surface area contributed by atoms with Crippen LogP contribution < -0.4 is 10.1 Å². The lowest BCUT2D eigenvalue weighted by Gasteiger charge is -2.22. The molecule has 0 aromatic heterocycles. The molecule has 0 saturated carbocycles. The SMILES string of the molecule is CCNC(=NCC(C)Oc1ccccc1C)N1CCC(COCC)C1. The lowest BCUT2D eigenvalue weighted by Crippen LogP contribution is -2.41. The summed E-state index contributed by atoms with van der Waals surface area (Å²) < 4.78 is 11.6. The first-order chi connectivity index (χ1) is 12.1. The number of aliphatic imine (C=N–C) groups is 1. The van der Waals surface area contributed by atoms with Gasteiger partial charge in [-0.15, -0.1) is 0 Å². The molecule has 140 valence electrons. The number of benzene rings is 1. The summed E-state index contributed by atoms with van der Waals surface area (Å²) >= 11 is 0. The van der Waals surface area contributed by atoms with E-state index in [1.807, 2.05) is 25.1 Å². The summed E-state index contributed by atoms with van der Waals surface area (Å²) in [6, 6.07) is 8.11. The van der Waals surface area contributed by atoms with Gasteiger partial charge in [0.25, 0.3) is 0 Å². The fourth-order valence-electron chi connectivity index (χ4n) is 3.03. The van der Waals surface area contributed by atoms with Gasteiger partial charge in [-0.2, -0.15) is 0 Å². The third-order valence-electron chi connectivity index (χ3n) is 4.40. The third kappa shape index (κ3) is 6.24. The fourth-order valence-corrected chi connectivity index (χ4v) is 3.03. The van der Waals surface area contributed by atoms with Gasteiger partial charge in [0.05, 0.1) is 13.2 Å². The largest absolute Gasteiger partial charge is 0.489 e. The average Bonchev–Trinajstić information content (AvgIpc) is 3.07. The Balaban J connectivity index is 1.89. The van der Waals surface area contributed by atoms with E-state index in [4.69, 9.17) is 14.5 Å². The van der Waals surface area contributed by atoms with Gasteiger partial charge in [0.1, 0.15) is 11.9 Å². The third-order valence-corrected chi connectivity index (χ3v) is 4.40.